The van der Waals surface area contributed by atoms with Crippen LogP contribution in [0.15, 0.2) is 0 Å². The van der Waals surface area contributed by atoms with E-state index in [0.29, 0.717) is 19.2 Å². The summed E-state index contributed by atoms with van der Waals surface area (Å²) < 4.78 is 4.94. The highest BCUT2D eigenvalue weighted by Gasteiger charge is 2.14. The predicted octanol–water partition coefficient (Wildman–Crippen LogP) is 2.35. The van der Waals surface area contributed by atoms with E-state index in [1.807, 2.05) is 13.8 Å². The van der Waals surface area contributed by atoms with Crippen molar-refractivity contribution in [3.63, 3.8) is 0 Å². The summed E-state index contributed by atoms with van der Waals surface area (Å²) in [6, 6.07) is 0.488. The van der Waals surface area contributed by atoms with Gasteiger partial charge in [-0.25, -0.2) is 0 Å². The minimum Gasteiger partial charge on any atom is -0.466 e. The Kier molecular flexibility index (Phi) is 8.38. The average molecular weight is 215 g/mol. The van der Waals surface area contributed by atoms with Crippen molar-refractivity contribution in [3.05, 3.63) is 0 Å². The molecule has 0 heterocycles. The molecular formula is C12H25NO2. The first-order valence-electron chi connectivity index (χ1n) is 6.01. The normalized spacial score (nSPS) is 14.7. The van der Waals surface area contributed by atoms with Crippen LogP contribution in [0.4, 0.5) is 0 Å². The van der Waals surface area contributed by atoms with Crippen molar-refractivity contribution in [1.82, 2.24) is 5.32 Å². The van der Waals surface area contributed by atoms with Gasteiger partial charge in [0.05, 0.1) is 12.5 Å². The molecule has 0 rings (SSSR count). The van der Waals surface area contributed by atoms with Crippen LogP contribution in [0.2, 0.25) is 0 Å². The first-order chi connectivity index (χ1) is 7.11. The number of carbonyl (C=O) groups is 1. The van der Waals surface area contributed by atoms with Crippen molar-refractivity contribution in [2.45, 2.75) is 53.0 Å². The number of hydrogen-bond donors (Lipinski definition) is 1. The molecule has 2 unspecified atom stereocenters. The van der Waals surface area contributed by atoms with E-state index in [9.17, 15) is 4.79 Å². The fourth-order valence-electron chi connectivity index (χ4n) is 1.36. The van der Waals surface area contributed by atoms with E-state index < -0.39 is 0 Å². The molecule has 1 N–H and O–H groups in total. The van der Waals surface area contributed by atoms with Gasteiger partial charge in [-0.2, -0.15) is 0 Å². The van der Waals surface area contributed by atoms with Crippen molar-refractivity contribution in [2.24, 2.45) is 5.92 Å². The Hall–Kier alpha value is -0.570. The highest BCUT2D eigenvalue weighted by molar-refractivity contribution is 5.72. The van der Waals surface area contributed by atoms with Gasteiger partial charge in [0, 0.05) is 12.6 Å². The standard InChI is InChI=1S/C12H25NO2/c1-5-7-8-11(4)13-9-10(3)12(14)15-6-2/h10-11,13H,5-9H2,1-4H3. The van der Waals surface area contributed by atoms with Crippen LogP contribution in [0.3, 0.4) is 0 Å². The molecule has 0 aliphatic carbocycles. The smallest absolute Gasteiger partial charge is 0.309 e. The second kappa shape index (κ2) is 8.72. The van der Waals surface area contributed by atoms with E-state index in [1.54, 1.807) is 0 Å². The van der Waals surface area contributed by atoms with Crippen molar-refractivity contribution in [1.29, 1.82) is 0 Å². The number of esters is 1. The molecule has 0 radical (unpaired) electrons. The molecule has 3 nitrogen and oxygen atoms in total. The zero-order valence-corrected chi connectivity index (χ0v) is 10.5. The van der Waals surface area contributed by atoms with Gasteiger partial charge in [0.2, 0.25) is 0 Å². The van der Waals surface area contributed by atoms with Gasteiger partial charge in [0.15, 0.2) is 0 Å². The minimum absolute atomic E-state index is 0.0472. The number of carbonyl (C=O) groups excluding carboxylic acids is 1. The zero-order valence-electron chi connectivity index (χ0n) is 10.5. The summed E-state index contributed by atoms with van der Waals surface area (Å²) in [6.07, 6.45) is 3.63. The molecule has 0 aromatic carbocycles. The molecule has 0 aliphatic heterocycles. The van der Waals surface area contributed by atoms with E-state index in [2.05, 4.69) is 19.2 Å². The van der Waals surface area contributed by atoms with Crippen molar-refractivity contribution >= 4 is 5.97 Å². The topological polar surface area (TPSA) is 38.3 Å². The molecule has 0 amide bonds. The molecule has 3 heteroatoms. The Labute approximate surface area is 93.6 Å². The molecule has 90 valence electrons. The summed E-state index contributed by atoms with van der Waals surface area (Å²) in [6.45, 7) is 9.26. The molecule has 2 atom stereocenters. The fourth-order valence-corrected chi connectivity index (χ4v) is 1.36. The average Bonchev–Trinajstić information content (AvgIpc) is 2.23. The number of unbranched alkanes of at least 4 members (excludes halogenated alkanes) is 1. The molecule has 0 aliphatic rings. The quantitative estimate of drug-likeness (QED) is 0.632. The van der Waals surface area contributed by atoms with Crippen molar-refractivity contribution in [2.75, 3.05) is 13.2 Å². The summed E-state index contributed by atoms with van der Waals surface area (Å²) >= 11 is 0. The van der Waals surface area contributed by atoms with Gasteiger partial charge in [0.1, 0.15) is 0 Å². The minimum atomic E-state index is -0.104. The van der Waals surface area contributed by atoms with E-state index >= 15 is 0 Å². The summed E-state index contributed by atoms with van der Waals surface area (Å²) in [5, 5.41) is 3.36. The van der Waals surface area contributed by atoms with E-state index in [4.69, 9.17) is 4.74 Å². The van der Waals surface area contributed by atoms with Gasteiger partial charge in [-0.05, 0) is 20.3 Å². The maximum atomic E-state index is 11.3. The van der Waals surface area contributed by atoms with Gasteiger partial charge in [-0.1, -0.05) is 26.7 Å². The molecule has 0 aromatic rings. The van der Waals surface area contributed by atoms with Crippen LogP contribution < -0.4 is 5.32 Å². The van der Waals surface area contributed by atoms with E-state index in [1.165, 1.54) is 19.3 Å². The monoisotopic (exact) mass is 215 g/mol. The molecule has 0 saturated heterocycles. The Bertz CT molecular complexity index is 171. The van der Waals surface area contributed by atoms with Gasteiger partial charge in [0.25, 0.3) is 0 Å². The Balaban J connectivity index is 3.60. The highest BCUT2D eigenvalue weighted by atomic mass is 16.5. The Morgan fingerprint density at radius 1 is 1.33 bits per heavy atom. The highest BCUT2D eigenvalue weighted by Crippen LogP contribution is 2.02. The molecule has 0 aromatic heterocycles. The molecule has 15 heavy (non-hydrogen) atoms. The third kappa shape index (κ3) is 7.37. The summed E-state index contributed by atoms with van der Waals surface area (Å²) in [5.41, 5.74) is 0. The van der Waals surface area contributed by atoms with Crippen LogP contribution in [0.5, 0.6) is 0 Å². The lowest BCUT2D eigenvalue weighted by atomic mass is 10.1. The first-order valence-corrected chi connectivity index (χ1v) is 6.01. The van der Waals surface area contributed by atoms with Crippen molar-refractivity contribution in [3.8, 4) is 0 Å². The first kappa shape index (κ1) is 14.4. The van der Waals surface area contributed by atoms with Crippen LogP contribution in [-0.2, 0) is 9.53 Å². The number of rotatable bonds is 8. The number of nitrogens with one attached hydrogen (secondary N) is 1. The SMILES string of the molecule is CCCCC(C)NCC(C)C(=O)OCC. The van der Waals surface area contributed by atoms with Gasteiger partial charge in [-0.3, -0.25) is 4.79 Å². The maximum absolute atomic E-state index is 11.3. The summed E-state index contributed by atoms with van der Waals surface area (Å²) in [7, 11) is 0. The zero-order chi connectivity index (χ0) is 11.7. The maximum Gasteiger partial charge on any atom is 0.309 e. The lowest BCUT2D eigenvalue weighted by Crippen LogP contribution is -2.33. The van der Waals surface area contributed by atoms with Crippen LogP contribution >= 0.6 is 0 Å². The largest absolute Gasteiger partial charge is 0.466 e. The molecule has 0 saturated carbocycles. The van der Waals surface area contributed by atoms with E-state index in [-0.39, 0.29) is 11.9 Å². The van der Waals surface area contributed by atoms with Crippen molar-refractivity contribution < 1.29 is 9.53 Å². The summed E-state index contributed by atoms with van der Waals surface area (Å²) in [4.78, 5) is 11.3. The van der Waals surface area contributed by atoms with Gasteiger partial charge in [-0.15, -0.1) is 0 Å². The lowest BCUT2D eigenvalue weighted by molar-refractivity contribution is -0.147. The second-order valence-corrected chi connectivity index (χ2v) is 4.10. The van der Waals surface area contributed by atoms with Crippen LogP contribution in [-0.4, -0.2) is 25.2 Å². The third-order valence-electron chi connectivity index (χ3n) is 2.45. The second-order valence-electron chi connectivity index (χ2n) is 4.10. The Morgan fingerprint density at radius 3 is 2.53 bits per heavy atom. The predicted molar refractivity (Wildman–Crippen MR) is 62.8 cm³/mol. The molecular weight excluding hydrogens is 190 g/mol. The van der Waals surface area contributed by atoms with Crippen LogP contribution in [0.25, 0.3) is 0 Å². The number of hydrogen-bond acceptors (Lipinski definition) is 3. The van der Waals surface area contributed by atoms with Crippen LogP contribution in [0.1, 0.15) is 47.0 Å². The Morgan fingerprint density at radius 2 is 2.00 bits per heavy atom. The molecule has 0 spiro atoms. The fraction of sp³-hybridized carbons (Fsp3) is 0.917. The third-order valence-corrected chi connectivity index (χ3v) is 2.45. The molecule has 0 bridgehead atoms. The molecule has 0 fully saturated rings. The summed E-state index contributed by atoms with van der Waals surface area (Å²) in [5.74, 6) is -0.151. The van der Waals surface area contributed by atoms with Gasteiger partial charge < -0.3 is 10.1 Å². The van der Waals surface area contributed by atoms with E-state index in [0.717, 1.165) is 0 Å². The number of ether oxygens (including phenoxy) is 1. The van der Waals surface area contributed by atoms with Crippen LogP contribution in [0, 0.1) is 5.92 Å². The lowest BCUT2D eigenvalue weighted by Gasteiger charge is -2.16. The van der Waals surface area contributed by atoms with Gasteiger partial charge >= 0.3 is 5.97 Å².